The third kappa shape index (κ3) is 6.39. The molecule has 2 aromatic carbocycles. The normalized spacial score (nSPS) is 10.6. The lowest BCUT2D eigenvalue weighted by Crippen LogP contribution is -2.29. The molecule has 0 unspecified atom stereocenters. The van der Waals surface area contributed by atoms with Gasteiger partial charge in [-0.3, -0.25) is 0 Å². The molecule has 0 bridgehead atoms. The average Bonchev–Trinajstić information content (AvgIpc) is 2.61. The number of para-hydroxylation sites is 1. The number of aryl methyl sites for hydroxylation is 1. The maximum Gasteiger partial charge on any atom is 0.170 e. The Kier molecular flexibility index (Phi) is 7.74. The summed E-state index contributed by atoms with van der Waals surface area (Å²) < 4.78 is 5.66. The van der Waals surface area contributed by atoms with Crippen LogP contribution in [0.15, 0.2) is 48.5 Å². The van der Waals surface area contributed by atoms with E-state index in [2.05, 4.69) is 60.9 Å². The van der Waals surface area contributed by atoms with Gasteiger partial charge < -0.3 is 15.4 Å². The average molecular weight is 357 g/mol. The predicted molar refractivity (Wildman–Crippen MR) is 111 cm³/mol. The molecule has 0 heterocycles. The molecule has 0 fully saturated rings. The molecule has 0 saturated carbocycles. The first-order chi connectivity index (χ1) is 12.1. The molecule has 0 aromatic heterocycles. The summed E-state index contributed by atoms with van der Waals surface area (Å²) in [6, 6.07) is 16.6. The SMILES string of the molecule is CCOc1ccccc1CCCNC(=S)Nc1ccc(C(C)C)cc1. The molecule has 2 aromatic rings. The molecule has 2 rings (SSSR count). The number of anilines is 1. The van der Waals surface area contributed by atoms with Crippen molar-refractivity contribution in [3.05, 3.63) is 59.7 Å². The van der Waals surface area contributed by atoms with Gasteiger partial charge in [0.2, 0.25) is 0 Å². The van der Waals surface area contributed by atoms with Crippen molar-refractivity contribution in [2.75, 3.05) is 18.5 Å². The molecule has 0 radical (unpaired) electrons. The second-order valence-corrected chi connectivity index (χ2v) is 6.71. The van der Waals surface area contributed by atoms with E-state index in [1.807, 2.05) is 19.1 Å². The molecule has 0 atom stereocenters. The van der Waals surface area contributed by atoms with Gasteiger partial charge in [-0.2, -0.15) is 0 Å². The highest BCUT2D eigenvalue weighted by molar-refractivity contribution is 7.80. The highest BCUT2D eigenvalue weighted by Crippen LogP contribution is 2.19. The Morgan fingerprint density at radius 1 is 1.08 bits per heavy atom. The summed E-state index contributed by atoms with van der Waals surface area (Å²) in [6.07, 6.45) is 1.97. The Morgan fingerprint density at radius 2 is 1.80 bits per heavy atom. The molecule has 0 aliphatic rings. The van der Waals surface area contributed by atoms with Crippen molar-refractivity contribution in [2.24, 2.45) is 0 Å². The molecule has 0 amide bonds. The summed E-state index contributed by atoms with van der Waals surface area (Å²) in [4.78, 5) is 0. The van der Waals surface area contributed by atoms with Crippen molar-refractivity contribution in [3.8, 4) is 5.75 Å². The van der Waals surface area contributed by atoms with Crippen LogP contribution in [-0.4, -0.2) is 18.3 Å². The number of hydrogen-bond acceptors (Lipinski definition) is 2. The third-order valence-corrected chi connectivity index (χ3v) is 4.26. The minimum atomic E-state index is 0.540. The highest BCUT2D eigenvalue weighted by atomic mass is 32.1. The zero-order chi connectivity index (χ0) is 18.1. The first-order valence-electron chi connectivity index (χ1n) is 8.95. The molecule has 0 aliphatic heterocycles. The number of rotatable bonds is 8. The number of hydrogen-bond donors (Lipinski definition) is 2. The van der Waals surface area contributed by atoms with Crippen LogP contribution in [0.1, 0.15) is 44.2 Å². The summed E-state index contributed by atoms with van der Waals surface area (Å²) in [7, 11) is 0. The molecule has 4 heteroatoms. The van der Waals surface area contributed by atoms with Gasteiger partial charge in [0, 0.05) is 12.2 Å². The van der Waals surface area contributed by atoms with Crippen molar-refractivity contribution in [2.45, 2.75) is 39.5 Å². The van der Waals surface area contributed by atoms with Crippen LogP contribution >= 0.6 is 12.2 Å². The minimum absolute atomic E-state index is 0.540. The summed E-state index contributed by atoms with van der Waals surface area (Å²) in [6.45, 7) is 7.92. The van der Waals surface area contributed by atoms with Gasteiger partial charge in [-0.1, -0.05) is 44.2 Å². The van der Waals surface area contributed by atoms with Gasteiger partial charge in [-0.15, -0.1) is 0 Å². The van der Waals surface area contributed by atoms with Crippen LogP contribution < -0.4 is 15.4 Å². The van der Waals surface area contributed by atoms with E-state index in [1.165, 1.54) is 11.1 Å². The zero-order valence-corrected chi connectivity index (χ0v) is 16.2. The number of thiocarbonyl (C=S) groups is 1. The Morgan fingerprint density at radius 3 is 2.48 bits per heavy atom. The summed E-state index contributed by atoms with van der Waals surface area (Å²) >= 11 is 5.37. The van der Waals surface area contributed by atoms with Gasteiger partial charge in [0.25, 0.3) is 0 Å². The topological polar surface area (TPSA) is 33.3 Å². The molecule has 0 aliphatic carbocycles. The second kappa shape index (κ2) is 10.0. The van der Waals surface area contributed by atoms with Crippen LogP contribution in [0.5, 0.6) is 5.75 Å². The fraction of sp³-hybridized carbons (Fsp3) is 0.381. The number of nitrogens with one attached hydrogen (secondary N) is 2. The predicted octanol–water partition coefficient (Wildman–Crippen LogP) is 5.13. The maximum atomic E-state index is 5.66. The Hall–Kier alpha value is -2.07. The highest BCUT2D eigenvalue weighted by Gasteiger charge is 2.03. The fourth-order valence-corrected chi connectivity index (χ4v) is 2.83. The molecule has 0 spiro atoms. The van der Waals surface area contributed by atoms with Gasteiger partial charge in [0.05, 0.1) is 6.61 Å². The number of benzene rings is 2. The van der Waals surface area contributed by atoms with Gasteiger partial charge in [-0.25, -0.2) is 0 Å². The van der Waals surface area contributed by atoms with Gasteiger partial charge >= 0.3 is 0 Å². The largest absolute Gasteiger partial charge is 0.494 e. The smallest absolute Gasteiger partial charge is 0.170 e. The number of ether oxygens (including phenoxy) is 1. The standard InChI is InChI=1S/C21H28N2OS/c1-4-24-20-10-6-5-8-18(20)9-7-15-22-21(25)23-19-13-11-17(12-14-19)16(2)3/h5-6,8,10-14,16H,4,7,9,15H2,1-3H3,(H2,22,23,25). The first kappa shape index (κ1) is 19.3. The van der Waals surface area contributed by atoms with E-state index in [9.17, 15) is 0 Å². The van der Waals surface area contributed by atoms with Crippen LogP contribution in [0, 0.1) is 0 Å². The Labute approximate surface area is 156 Å². The van der Waals surface area contributed by atoms with Gasteiger partial charge in [0.15, 0.2) is 5.11 Å². The third-order valence-electron chi connectivity index (χ3n) is 4.02. The monoisotopic (exact) mass is 356 g/mol. The van der Waals surface area contributed by atoms with Crippen molar-refractivity contribution in [1.29, 1.82) is 0 Å². The van der Waals surface area contributed by atoms with E-state index in [0.29, 0.717) is 17.6 Å². The van der Waals surface area contributed by atoms with E-state index >= 15 is 0 Å². The van der Waals surface area contributed by atoms with Crippen LogP contribution in [0.25, 0.3) is 0 Å². The molecule has 134 valence electrons. The van der Waals surface area contributed by atoms with E-state index < -0.39 is 0 Å². The Balaban J connectivity index is 1.73. The van der Waals surface area contributed by atoms with Crippen molar-refractivity contribution in [3.63, 3.8) is 0 Å². The summed E-state index contributed by atoms with van der Waals surface area (Å²) in [5.41, 5.74) is 3.59. The fourth-order valence-electron chi connectivity index (χ4n) is 2.61. The van der Waals surface area contributed by atoms with E-state index in [1.54, 1.807) is 0 Å². The zero-order valence-electron chi connectivity index (χ0n) is 15.3. The van der Waals surface area contributed by atoms with E-state index in [4.69, 9.17) is 17.0 Å². The van der Waals surface area contributed by atoms with Crippen LogP contribution in [-0.2, 0) is 6.42 Å². The molecule has 2 N–H and O–H groups in total. The lowest BCUT2D eigenvalue weighted by atomic mass is 10.0. The molecular weight excluding hydrogens is 328 g/mol. The minimum Gasteiger partial charge on any atom is -0.494 e. The first-order valence-corrected chi connectivity index (χ1v) is 9.36. The van der Waals surface area contributed by atoms with Crippen molar-refractivity contribution in [1.82, 2.24) is 5.32 Å². The van der Waals surface area contributed by atoms with E-state index in [-0.39, 0.29) is 0 Å². The lowest BCUT2D eigenvalue weighted by molar-refractivity contribution is 0.336. The second-order valence-electron chi connectivity index (χ2n) is 6.30. The van der Waals surface area contributed by atoms with Gasteiger partial charge in [0.1, 0.15) is 5.75 Å². The molecule has 0 saturated heterocycles. The maximum absolute atomic E-state index is 5.66. The lowest BCUT2D eigenvalue weighted by Gasteiger charge is -2.13. The van der Waals surface area contributed by atoms with E-state index in [0.717, 1.165) is 30.8 Å². The molecule has 3 nitrogen and oxygen atoms in total. The van der Waals surface area contributed by atoms with Crippen LogP contribution in [0.3, 0.4) is 0 Å². The summed E-state index contributed by atoms with van der Waals surface area (Å²) in [5, 5.41) is 7.17. The summed E-state index contributed by atoms with van der Waals surface area (Å²) in [5.74, 6) is 1.52. The van der Waals surface area contributed by atoms with Crippen molar-refractivity contribution < 1.29 is 4.74 Å². The molecule has 25 heavy (non-hydrogen) atoms. The van der Waals surface area contributed by atoms with Crippen molar-refractivity contribution >= 4 is 23.0 Å². The molecular formula is C21H28N2OS. The quantitative estimate of drug-likeness (QED) is 0.507. The van der Waals surface area contributed by atoms with Crippen LogP contribution in [0.4, 0.5) is 5.69 Å². The Bertz CT molecular complexity index is 668. The van der Waals surface area contributed by atoms with Gasteiger partial charge in [-0.05, 0) is 67.2 Å². The van der Waals surface area contributed by atoms with Crippen LogP contribution in [0.2, 0.25) is 0 Å².